The van der Waals surface area contributed by atoms with E-state index in [9.17, 15) is 0 Å². The van der Waals surface area contributed by atoms with Gasteiger partial charge in [-0.15, -0.1) is 0 Å². The number of benzene rings is 3. The summed E-state index contributed by atoms with van der Waals surface area (Å²) in [6.45, 7) is 1.61. The number of nitrogens with one attached hydrogen (secondary N) is 3. The number of hydrogen-bond donors (Lipinski definition) is 3. The van der Waals surface area contributed by atoms with Crippen molar-refractivity contribution in [1.82, 2.24) is 10.3 Å². The predicted octanol–water partition coefficient (Wildman–Crippen LogP) is 6.68. The van der Waals surface area contributed by atoms with Crippen LogP contribution in [0.2, 0.25) is 0 Å². The van der Waals surface area contributed by atoms with Crippen LogP contribution < -0.4 is 25.6 Å². The van der Waals surface area contributed by atoms with Gasteiger partial charge in [-0.2, -0.15) is 5.26 Å². The van der Waals surface area contributed by atoms with E-state index < -0.39 is 0 Å². The molecule has 1 saturated carbocycles. The van der Waals surface area contributed by atoms with E-state index in [0.717, 1.165) is 61.8 Å². The van der Waals surface area contributed by atoms with Gasteiger partial charge < -0.3 is 20.3 Å². The van der Waals surface area contributed by atoms with Crippen molar-refractivity contribution in [2.75, 3.05) is 29.3 Å². The molecule has 0 spiro atoms. The minimum Gasteiger partial charge on any atom is -0.497 e. The van der Waals surface area contributed by atoms with Crippen LogP contribution in [-0.2, 0) is 6.54 Å². The summed E-state index contributed by atoms with van der Waals surface area (Å²) in [5, 5.41) is 19.7. The number of ether oxygens (including phenoxy) is 1. The van der Waals surface area contributed by atoms with Crippen LogP contribution >= 0.6 is 0 Å². The Morgan fingerprint density at radius 1 is 0.875 bits per heavy atom. The Bertz CT molecular complexity index is 1360. The van der Waals surface area contributed by atoms with Gasteiger partial charge in [0.05, 0.1) is 19.3 Å². The normalized spacial score (nSPS) is 16.5. The van der Waals surface area contributed by atoms with E-state index in [1.807, 2.05) is 36.4 Å². The second-order valence-electron chi connectivity index (χ2n) is 10.1. The van der Waals surface area contributed by atoms with Crippen LogP contribution in [0, 0.1) is 11.3 Å². The molecule has 1 aromatic heterocycles. The fourth-order valence-electron chi connectivity index (χ4n) is 5.21. The summed E-state index contributed by atoms with van der Waals surface area (Å²) in [5.41, 5.74) is 5.15. The van der Waals surface area contributed by atoms with Crippen molar-refractivity contribution in [2.24, 2.45) is 0 Å². The summed E-state index contributed by atoms with van der Waals surface area (Å²) < 4.78 is 5.27. The van der Waals surface area contributed by atoms with Crippen LogP contribution in [0.3, 0.4) is 0 Å². The molecular weight excluding hydrogens is 496 g/mol. The lowest BCUT2D eigenvalue weighted by Gasteiger charge is -2.39. The molecule has 0 aliphatic heterocycles. The lowest BCUT2D eigenvalue weighted by molar-refractivity contribution is 0.382. The van der Waals surface area contributed by atoms with Gasteiger partial charge in [-0.3, -0.25) is 5.32 Å². The first-order valence-corrected chi connectivity index (χ1v) is 13.9. The molecule has 0 atom stereocenters. The van der Waals surface area contributed by atoms with Gasteiger partial charge in [-0.25, -0.2) is 4.98 Å². The Morgan fingerprint density at radius 3 is 2.20 bits per heavy atom. The van der Waals surface area contributed by atoms with Crippen LogP contribution in [0.4, 0.5) is 22.9 Å². The molecule has 1 aliphatic rings. The second kappa shape index (κ2) is 13.5. The molecule has 0 radical (unpaired) electrons. The SMILES string of the molecule is COc1ccc(Nc2ccc(N(CNCc3ccccc3)[C@H]3CC[C@H](Nc4ccc(C#N)cn4)CC3)cc2)cc1. The number of methoxy groups -OCH3 is 1. The van der Waals surface area contributed by atoms with Crippen molar-refractivity contribution in [3.8, 4) is 11.8 Å². The molecule has 3 aromatic carbocycles. The van der Waals surface area contributed by atoms with E-state index in [1.54, 1.807) is 13.3 Å². The Labute approximate surface area is 236 Å². The fourth-order valence-corrected chi connectivity index (χ4v) is 5.21. The van der Waals surface area contributed by atoms with Crippen molar-refractivity contribution < 1.29 is 4.74 Å². The fraction of sp³-hybridized carbons (Fsp3) is 0.273. The Balaban J connectivity index is 1.23. The second-order valence-corrected chi connectivity index (χ2v) is 10.1. The first kappa shape index (κ1) is 27.0. The highest BCUT2D eigenvalue weighted by molar-refractivity contribution is 5.63. The summed E-state index contributed by atoms with van der Waals surface area (Å²) in [5.74, 6) is 1.68. The van der Waals surface area contributed by atoms with Gasteiger partial charge >= 0.3 is 0 Å². The molecule has 5 rings (SSSR count). The molecular formula is C33H36N6O. The third-order valence-electron chi connectivity index (χ3n) is 7.41. The monoisotopic (exact) mass is 532 g/mol. The zero-order chi connectivity index (χ0) is 27.6. The van der Waals surface area contributed by atoms with Crippen molar-refractivity contribution in [1.29, 1.82) is 5.26 Å². The first-order chi connectivity index (χ1) is 19.7. The van der Waals surface area contributed by atoms with E-state index in [1.165, 1.54) is 11.3 Å². The summed E-state index contributed by atoms with van der Waals surface area (Å²) in [4.78, 5) is 6.91. The maximum absolute atomic E-state index is 9.02. The van der Waals surface area contributed by atoms with E-state index in [4.69, 9.17) is 10.00 Å². The van der Waals surface area contributed by atoms with Crippen LogP contribution in [0.5, 0.6) is 5.75 Å². The number of hydrogen-bond acceptors (Lipinski definition) is 7. The topological polar surface area (TPSA) is 85.2 Å². The molecule has 0 amide bonds. The minimum atomic E-state index is 0.381. The highest BCUT2D eigenvalue weighted by Crippen LogP contribution is 2.30. The summed E-state index contributed by atoms with van der Waals surface area (Å²) >= 11 is 0. The molecule has 4 aromatic rings. The maximum atomic E-state index is 9.02. The Morgan fingerprint density at radius 2 is 1.57 bits per heavy atom. The third kappa shape index (κ3) is 7.31. The predicted molar refractivity (Wildman–Crippen MR) is 162 cm³/mol. The average Bonchev–Trinajstić information content (AvgIpc) is 3.02. The van der Waals surface area contributed by atoms with Gasteiger partial charge in [0, 0.05) is 41.9 Å². The lowest BCUT2D eigenvalue weighted by Crippen LogP contribution is -2.45. The van der Waals surface area contributed by atoms with Gasteiger partial charge in [0.2, 0.25) is 0 Å². The van der Waals surface area contributed by atoms with Gasteiger partial charge in [-0.05, 0) is 91.9 Å². The molecule has 7 nitrogen and oxygen atoms in total. The number of nitrogens with zero attached hydrogens (tertiary/aromatic N) is 3. The molecule has 204 valence electrons. The van der Waals surface area contributed by atoms with Gasteiger partial charge in [-0.1, -0.05) is 30.3 Å². The zero-order valence-electron chi connectivity index (χ0n) is 22.9. The van der Waals surface area contributed by atoms with Crippen molar-refractivity contribution >= 4 is 22.9 Å². The lowest BCUT2D eigenvalue weighted by atomic mass is 9.90. The standard InChI is InChI=1S/C33H36N6O/c1-40-32-18-12-28(13-19-32)37-27-8-14-30(15-9-27)39(24-35-22-25-5-3-2-4-6-25)31-16-10-29(11-17-31)38-33-20-7-26(21-34)23-36-33/h2-9,12-15,18-20,23,29,31,35,37H,10-11,16-17,22,24H2,1H3,(H,36,38)/t29-,31-. The van der Waals surface area contributed by atoms with Crippen molar-refractivity contribution in [2.45, 2.75) is 44.3 Å². The molecule has 1 fully saturated rings. The van der Waals surface area contributed by atoms with E-state index >= 15 is 0 Å². The number of rotatable bonds is 11. The third-order valence-corrected chi connectivity index (χ3v) is 7.41. The van der Waals surface area contributed by atoms with Crippen LogP contribution in [0.15, 0.2) is 97.2 Å². The molecule has 7 heteroatoms. The van der Waals surface area contributed by atoms with Crippen LogP contribution in [0.25, 0.3) is 0 Å². The Hall–Kier alpha value is -4.54. The van der Waals surface area contributed by atoms with E-state index in [0.29, 0.717) is 17.6 Å². The number of aromatic nitrogens is 1. The van der Waals surface area contributed by atoms with Gasteiger partial charge in [0.1, 0.15) is 17.6 Å². The van der Waals surface area contributed by atoms with Crippen LogP contribution in [-0.4, -0.2) is 30.8 Å². The molecule has 0 bridgehead atoms. The largest absolute Gasteiger partial charge is 0.497 e. The molecule has 1 aliphatic carbocycles. The maximum Gasteiger partial charge on any atom is 0.126 e. The van der Waals surface area contributed by atoms with Crippen LogP contribution in [0.1, 0.15) is 36.8 Å². The van der Waals surface area contributed by atoms with Gasteiger partial charge in [0.25, 0.3) is 0 Å². The number of anilines is 4. The molecule has 1 heterocycles. The summed E-state index contributed by atoms with van der Waals surface area (Å²) in [6, 6.07) is 33.9. The minimum absolute atomic E-state index is 0.381. The van der Waals surface area contributed by atoms with Crippen molar-refractivity contribution in [3.05, 3.63) is 108 Å². The quantitative estimate of drug-likeness (QED) is 0.186. The highest BCUT2D eigenvalue weighted by Gasteiger charge is 2.26. The molecule has 0 saturated heterocycles. The summed E-state index contributed by atoms with van der Waals surface area (Å²) in [6.07, 6.45) is 5.94. The van der Waals surface area contributed by atoms with E-state index in [2.05, 4.69) is 86.5 Å². The molecule has 3 N–H and O–H groups in total. The summed E-state index contributed by atoms with van der Waals surface area (Å²) in [7, 11) is 1.68. The van der Waals surface area contributed by atoms with Crippen molar-refractivity contribution in [3.63, 3.8) is 0 Å². The number of nitriles is 1. The first-order valence-electron chi connectivity index (χ1n) is 13.9. The zero-order valence-corrected chi connectivity index (χ0v) is 22.9. The highest BCUT2D eigenvalue weighted by atomic mass is 16.5. The molecule has 40 heavy (non-hydrogen) atoms. The van der Waals surface area contributed by atoms with E-state index in [-0.39, 0.29) is 0 Å². The Kier molecular flexibility index (Phi) is 9.13. The average molecular weight is 533 g/mol. The van der Waals surface area contributed by atoms with Gasteiger partial charge in [0.15, 0.2) is 0 Å². The number of pyridine rings is 1. The molecule has 0 unspecified atom stereocenters. The smallest absolute Gasteiger partial charge is 0.126 e.